The van der Waals surface area contributed by atoms with E-state index in [0.29, 0.717) is 16.4 Å². The molecule has 3 nitrogen and oxygen atoms in total. The van der Waals surface area contributed by atoms with Gasteiger partial charge in [0, 0.05) is 4.88 Å². The first-order valence-corrected chi connectivity index (χ1v) is 9.84. The van der Waals surface area contributed by atoms with Crippen LogP contribution in [0, 0.1) is 11.2 Å². The van der Waals surface area contributed by atoms with Gasteiger partial charge in [-0.05, 0) is 61.9 Å². The van der Waals surface area contributed by atoms with E-state index in [4.69, 9.17) is 17.0 Å². The number of rotatable bonds is 6. The summed E-state index contributed by atoms with van der Waals surface area (Å²) in [5.74, 6) is -0.291. The molecule has 0 spiro atoms. The predicted molar refractivity (Wildman–Crippen MR) is 117 cm³/mol. The van der Waals surface area contributed by atoms with E-state index in [2.05, 4.69) is 5.32 Å². The van der Waals surface area contributed by atoms with Crippen molar-refractivity contribution in [3.8, 4) is 10.4 Å². The Labute approximate surface area is 172 Å². The van der Waals surface area contributed by atoms with Crippen molar-refractivity contribution in [2.24, 2.45) is 0 Å². The molecular formula is C22H20ClFN2OS. The largest absolute Gasteiger partial charge is 0.384 e. The summed E-state index contributed by atoms with van der Waals surface area (Å²) in [5.41, 5.74) is 0.886. The van der Waals surface area contributed by atoms with Crippen molar-refractivity contribution >= 4 is 40.0 Å². The number of hydrogen-bond donors (Lipinski definition) is 3. The van der Waals surface area contributed by atoms with Crippen molar-refractivity contribution in [1.82, 2.24) is 0 Å². The molecule has 0 saturated carbocycles. The molecule has 6 heteroatoms. The zero-order chi connectivity index (χ0) is 20.3. The molecule has 0 unspecified atom stereocenters. The number of nitrogens with one attached hydrogen (secondary N) is 2. The van der Waals surface area contributed by atoms with E-state index in [-0.39, 0.29) is 11.5 Å². The molecule has 3 rings (SSSR count). The molecule has 28 heavy (non-hydrogen) atoms. The summed E-state index contributed by atoms with van der Waals surface area (Å²) in [6, 6.07) is 17.5. The minimum atomic E-state index is -1.28. The monoisotopic (exact) mass is 414 g/mol. The van der Waals surface area contributed by atoms with Gasteiger partial charge in [0.25, 0.3) is 0 Å². The Balaban J connectivity index is 2.01. The lowest BCUT2D eigenvalue weighted by Gasteiger charge is -2.18. The number of halogens is 2. The maximum absolute atomic E-state index is 13.6. The average molecular weight is 415 g/mol. The summed E-state index contributed by atoms with van der Waals surface area (Å²) in [7, 11) is 0. The lowest BCUT2D eigenvalue weighted by Crippen LogP contribution is -2.29. The van der Waals surface area contributed by atoms with Gasteiger partial charge in [0.15, 0.2) is 0 Å². The standard InChI is InChI=1S/C22H20ClFN2OS/c1-22(2,27)21(25)13-18(26-17-9-4-3-8-16(17)23)20-11-10-19(28-20)14-6-5-7-15(24)12-14/h3-13,25-27H,1-2H3/b18-13-,25-21?. The van der Waals surface area contributed by atoms with E-state index >= 15 is 0 Å². The molecule has 0 saturated heterocycles. The lowest BCUT2D eigenvalue weighted by molar-refractivity contribution is 0.154. The Kier molecular flexibility index (Phi) is 5.98. The molecule has 144 valence electrons. The van der Waals surface area contributed by atoms with Gasteiger partial charge in [-0.25, -0.2) is 4.39 Å². The summed E-state index contributed by atoms with van der Waals surface area (Å²) in [5, 5.41) is 22.2. The Hall–Kier alpha value is -2.47. The fourth-order valence-electron chi connectivity index (χ4n) is 2.48. The van der Waals surface area contributed by atoms with Gasteiger partial charge in [-0.15, -0.1) is 11.3 Å². The van der Waals surface area contributed by atoms with Crippen LogP contribution in [0.2, 0.25) is 5.02 Å². The molecule has 0 radical (unpaired) electrons. The third-order valence-electron chi connectivity index (χ3n) is 4.07. The maximum atomic E-state index is 13.6. The van der Waals surface area contributed by atoms with Crippen LogP contribution in [-0.4, -0.2) is 16.4 Å². The Morgan fingerprint density at radius 3 is 2.57 bits per heavy atom. The van der Waals surface area contributed by atoms with Crippen LogP contribution in [0.5, 0.6) is 0 Å². The molecule has 0 aliphatic rings. The van der Waals surface area contributed by atoms with E-state index in [1.54, 1.807) is 32.1 Å². The summed E-state index contributed by atoms with van der Waals surface area (Å²) >= 11 is 7.73. The topological polar surface area (TPSA) is 56.1 Å². The second kappa shape index (κ2) is 8.27. The van der Waals surface area contributed by atoms with Gasteiger partial charge >= 0.3 is 0 Å². The minimum Gasteiger partial charge on any atom is -0.384 e. The molecule has 0 aliphatic carbocycles. The van der Waals surface area contributed by atoms with Crippen LogP contribution in [0.15, 0.2) is 66.7 Å². The molecular weight excluding hydrogens is 395 g/mol. The third kappa shape index (κ3) is 4.87. The quantitative estimate of drug-likeness (QED) is 0.406. The van der Waals surface area contributed by atoms with Crippen LogP contribution < -0.4 is 5.32 Å². The van der Waals surface area contributed by atoms with Gasteiger partial charge in [-0.3, -0.25) is 0 Å². The molecule has 0 atom stereocenters. The number of anilines is 1. The fraction of sp³-hybridized carbons (Fsp3) is 0.136. The zero-order valence-corrected chi connectivity index (χ0v) is 17.0. The third-order valence-corrected chi connectivity index (χ3v) is 5.57. The second-order valence-corrected chi connectivity index (χ2v) is 8.30. The highest BCUT2D eigenvalue weighted by atomic mass is 35.5. The van der Waals surface area contributed by atoms with Crippen LogP contribution in [0.25, 0.3) is 16.1 Å². The summed E-state index contributed by atoms with van der Waals surface area (Å²) in [6.07, 6.45) is 1.59. The van der Waals surface area contributed by atoms with E-state index in [1.165, 1.54) is 23.5 Å². The van der Waals surface area contributed by atoms with Crippen molar-refractivity contribution < 1.29 is 9.50 Å². The summed E-state index contributed by atoms with van der Waals surface area (Å²) in [4.78, 5) is 1.74. The number of para-hydroxylation sites is 1. The fourth-order valence-corrected chi connectivity index (χ4v) is 3.63. The van der Waals surface area contributed by atoms with Gasteiger partial charge in [-0.2, -0.15) is 0 Å². The number of benzene rings is 2. The molecule has 1 heterocycles. The molecule has 0 amide bonds. The second-order valence-electron chi connectivity index (χ2n) is 6.81. The predicted octanol–water partition coefficient (Wildman–Crippen LogP) is 6.45. The first-order chi connectivity index (χ1) is 13.2. The average Bonchev–Trinajstić information content (AvgIpc) is 3.12. The van der Waals surface area contributed by atoms with Gasteiger partial charge < -0.3 is 15.8 Å². The van der Waals surface area contributed by atoms with Crippen LogP contribution in [0.3, 0.4) is 0 Å². The highest BCUT2D eigenvalue weighted by molar-refractivity contribution is 7.16. The van der Waals surface area contributed by atoms with Gasteiger partial charge in [0.1, 0.15) is 11.4 Å². The Morgan fingerprint density at radius 2 is 1.89 bits per heavy atom. The van der Waals surface area contributed by atoms with Crippen LogP contribution in [0.4, 0.5) is 10.1 Å². The number of hydrogen-bond acceptors (Lipinski definition) is 4. The highest BCUT2D eigenvalue weighted by Gasteiger charge is 2.19. The van der Waals surface area contributed by atoms with Crippen molar-refractivity contribution in [3.05, 3.63) is 82.5 Å². The minimum absolute atomic E-state index is 0.0581. The summed E-state index contributed by atoms with van der Waals surface area (Å²) in [6.45, 7) is 3.12. The molecule has 2 aromatic carbocycles. The lowest BCUT2D eigenvalue weighted by atomic mass is 10.0. The van der Waals surface area contributed by atoms with E-state index in [0.717, 1.165) is 15.3 Å². The highest BCUT2D eigenvalue weighted by Crippen LogP contribution is 2.34. The smallest absolute Gasteiger partial charge is 0.123 e. The van der Waals surface area contributed by atoms with E-state index in [1.807, 2.05) is 36.4 Å². The van der Waals surface area contributed by atoms with Crippen molar-refractivity contribution in [2.45, 2.75) is 19.4 Å². The number of aliphatic hydroxyl groups is 1. The van der Waals surface area contributed by atoms with Crippen molar-refractivity contribution in [2.75, 3.05) is 5.32 Å². The van der Waals surface area contributed by atoms with E-state index in [9.17, 15) is 9.50 Å². The van der Waals surface area contributed by atoms with Crippen molar-refractivity contribution in [1.29, 1.82) is 5.41 Å². The van der Waals surface area contributed by atoms with Crippen molar-refractivity contribution in [3.63, 3.8) is 0 Å². The van der Waals surface area contributed by atoms with Crippen LogP contribution in [0.1, 0.15) is 18.7 Å². The van der Waals surface area contributed by atoms with Crippen LogP contribution >= 0.6 is 22.9 Å². The molecule has 0 bridgehead atoms. The first-order valence-electron chi connectivity index (χ1n) is 8.65. The zero-order valence-electron chi connectivity index (χ0n) is 15.5. The maximum Gasteiger partial charge on any atom is 0.123 e. The van der Waals surface area contributed by atoms with E-state index < -0.39 is 5.60 Å². The number of thiophene rings is 1. The summed E-state index contributed by atoms with van der Waals surface area (Å²) < 4.78 is 13.6. The Bertz CT molecular complexity index is 1040. The molecule has 0 fully saturated rings. The Morgan fingerprint density at radius 1 is 1.14 bits per heavy atom. The SMILES string of the molecule is CC(C)(O)C(=N)/C=C(\Nc1ccccc1Cl)c1ccc(-c2cccc(F)c2)s1. The van der Waals surface area contributed by atoms with Gasteiger partial charge in [-0.1, -0.05) is 35.9 Å². The molecule has 0 aliphatic heterocycles. The molecule has 3 aromatic rings. The molecule has 1 aromatic heterocycles. The molecule has 3 N–H and O–H groups in total. The first kappa shape index (κ1) is 20.3. The van der Waals surface area contributed by atoms with Gasteiger partial charge in [0.05, 0.1) is 27.0 Å². The normalized spacial score (nSPS) is 12.1. The van der Waals surface area contributed by atoms with Gasteiger partial charge in [0.2, 0.25) is 0 Å². The van der Waals surface area contributed by atoms with Crippen LogP contribution in [-0.2, 0) is 0 Å².